The van der Waals surface area contributed by atoms with Gasteiger partial charge in [-0.05, 0) is 73.6 Å². The summed E-state index contributed by atoms with van der Waals surface area (Å²) < 4.78 is 24.1. The molecular weight excluding hydrogens is 473 g/mol. The lowest BCUT2D eigenvalue weighted by Crippen LogP contribution is -2.38. The molecule has 8 heteroatoms. The number of carbonyl (C=O) groups is 2. The van der Waals surface area contributed by atoms with E-state index in [0.29, 0.717) is 43.3 Å². The van der Waals surface area contributed by atoms with Crippen molar-refractivity contribution < 1.29 is 23.5 Å². The van der Waals surface area contributed by atoms with Crippen molar-refractivity contribution in [1.82, 2.24) is 9.88 Å². The zero-order chi connectivity index (χ0) is 26.4. The Morgan fingerprint density at radius 1 is 1.03 bits per heavy atom. The van der Waals surface area contributed by atoms with Crippen LogP contribution in [0.5, 0.6) is 11.5 Å². The Balaban J connectivity index is 1.27. The van der Waals surface area contributed by atoms with Crippen LogP contribution in [-0.4, -0.2) is 49.0 Å². The van der Waals surface area contributed by atoms with Gasteiger partial charge in [0.2, 0.25) is 5.91 Å². The number of nitrogens with one attached hydrogen (secondary N) is 1. The van der Waals surface area contributed by atoms with Crippen molar-refractivity contribution in [1.29, 1.82) is 0 Å². The van der Waals surface area contributed by atoms with Crippen LogP contribution >= 0.6 is 0 Å². The van der Waals surface area contributed by atoms with Gasteiger partial charge in [0.1, 0.15) is 23.0 Å². The summed E-state index contributed by atoms with van der Waals surface area (Å²) in [6.07, 6.45) is 2.56. The summed E-state index contributed by atoms with van der Waals surface area (Å²) in [4.78, 5) is 31.1. The van der Waals surface area contributed by atoms with E-state index in [1.54, 1.807) is 26.0 Å². The molecule has 1 saturated heterocycles. The minimum absolute atomic E-state index is 0.0675. The number of hydrogen-bond acceptors (Lipinski definition) is 5. The molecule has 1 aliphatic heterocycles. The summed E-state index contributed by atoms with van der Waals surface area (Å²) in [6, 6.07) is 16.2. The highest BCUT2D eigenvalue weighted by Gasteiger charge is 2.25. The molecule has 194 valence electrons. The Hall–Kier alpha value is -3.94. The van der Waals surface area contributed by atoms with Gasteiger partial charge in [0, 0.05) is 31.3 Å². The molecule has 2 heterocycles. The number of pyridine rings is 1. The number of anilines is 1. The molecule has 37 heavy (non-hydrogen) atoms. The molecule has 1 fully saturated rings. The van der Waals surface area contributed by atoms with E-state index in [2.05, 4.69) is 10.3 Å². The number of halogens is 1. The van der Waals surface area contributed by atoms with Crippen LogP contribution in [0.2, 0.25) is 0 Å². The van der Waals surface area contributed by atoms with E-state index in [0.717, 1.165) is 24.1 Å². The van der Waals surface area contributed by atoms with Gasteiger partial charge in [0.25, 0.3) is 5.91 Å². The standard InChI is InChI=1S/C29H32FN3O4/c1-19-25(30)11-12-26(31-19)29(35)33-16-14-21(15-17-33)20-4-8-23(9-5-20)32-28(34)13-7-22-6-10-24(36-2)18-27(22)37-3/h4-6,8-12,18,21H,7,13-17H2,1-3H3,(H,32,34). The Kier molecular flexibility index (Phi) is 8.38. The van der Waals surface area contributed by atoms with Crippen LogP contribution < -0.4 is 14.8 Å². The van der Waals surface area contributed by atoms with Gasteiger partial charge in [-0.2, -0.15) is 0 Å². The third kappa shape index (κ3) is 6.44. The molecule has 2 amide bonds. The number of ether oxygens (including phenoxy) is 2. The Morgan fingerprint density at radius 2 is 1.76 bits per heavy atom. The number of hydrogen-bond donors (Lipinski definition) is 1. The van der Waals surface area contributed by atoms with Crippen LogP contribution in [0.3, 0.4) is 0 Å². The molecule has 0 radical (unpaired) electrons. The van der Waals surface area contributed by atoms with Crippen molar-refractivity contribution in [2.45, 2.75) is 38.5 Å². The predicted octanol–water partition coefficient (Wildman–Crippen LogP) is 5.14. The first-order chi connectivity index (χ1) is 17.9. The summed E-state index contributed by atoms with van der Waals surface area (Å²) in [5.41, 5.74) is 3.39. The summed E-state index contributed by atoms with van der Waals surface area (Å²) in [5.74, 6) is 1.11. The van der Waals surface area contributed by atoms with Gasteiger partial charge in [-0.15, -0.1) is 0 Å². The number of aromatic nitrogens is 1. The quantitative estimate of drug-likeness (QED) is 0.459. The third-order valence-corrected chi connectivity index (χ3v) is 6.80. The van der Waals surface area contributed by atoms with E-state index in [1.807, 2.05) is 42.5 Å². The lowest BCUT2D eigenvalue weighted by Gasteiger charge is -2.32. The van der Waals surface area contributed by atoms with E-state index in [9.17, 15) is 14.0 Å². The van der Waals surface area contributed by atoms with Crippen molar-refractivity contribution in [3.8, 4) is 11.5 Å². The molecule has 7 nitrogen and oxygen atoms in total. The zero-order valence-corrected chi connectivity index (χ0v) is 21.4. The van der Waals surface area contributed by atoms with Gasteiger partial charge in [-0.1, -0.05) is 18.2 Å². The molecular formula is C29H32FN3O4. The van der Waals surface area contributed by atoms with Crippen LogP contribution in [0, 0.1) is 12.7 Å². The van der Waals surface area contributed by atoms with Crippen molar-refractivity contribution in [2.24, 2.45) is 0 Å². The number of amides is 2. The van der Waals surface area contributed by atoms with Gasteiger partial charge in [-0.3, -0.25) is 9.59 Å². The molecule has 0 bridgehead atoms. The lowest BCUT2D eigenvalue weighted by molar-refractivity contribution is -0.116. The molecule has 1 aliphatic rings. The number of methoxy groups -OCH3 is 2. The number of benzene rings is 2. The van der Waals surface area contributed by atoms with E-state index in [-0.39, 0.29) is 23.2 Å². The van der Waals surface area contributed by atoms with Crippen LogP contribution in [0.25, 0.3) is 0 Å². The monoisotopic (exact) mass is 505 g/mol. The first-order valence-electron chi connectivity index (χ1n) is 12.4. The first-order valence-corrected chi connectivity index (χ1v) is 12.4. The van der Waals surface area contributed by atoms with Gasteiger partial charge in [-0.25, -0.2) is 9.37 Å². The van der Waals surface area contributed by atoms with Gasteiger partial charge < -0.3 is 19.7 Å². The second kappa shape index (κ2) is 11.9. The molecule has 0 aliphatic carbocycles. The number of nitrogens with zero attached hydrogens (tertiary/aromatic N) is 2. The minimum Gasteiger partial charge on any atom is -0.497 e. The molecule has 1 N–H and O–H groups in total. The second-order valence-electron chi connectivity index (χ2n) is 9.18. The molecule has 0 spiro atoms. The van der Waals surface area contributed by atoms with Crippen LogP contribution in [0.15, 0.2) is 54.6 Å². The minimum atomic E-state index is -0.410. The largest absolute Gasteiger partial charge is 0.497 e. The van der Waals surface area contributed by atoms with Crippen molar-refractivity contribution in [3.05, 3.63) is 82.9 Å². The highest BCUT2D eigenvalue weighted by molar-refractivity contribution is 5.92. The van der Waals surface area contributed by atoms with Crippen molar-refractivity contribution in [3.63, 3.8) is 0 Å². The summed E-state index contributed by atoms with van der Waals surface area (Å²) in [7, 11) is 3.21. The number of likely N-dealkylation sites (tertiary alicyclic amines) is 1. The number of aryl methyl sites for hydroxylation is 2. The number of rotatable bonds is 8. The van der Waals surface area contributed by atoms with Gasteiger partial charge in [0.15, 0.2) is 0 Å². The molecule has 1 aromatic heterocycles. The fraction of sp³-hybridized carbons (Fsp3) is 0.345. The second-order valence-corrected chi connectivity index (χ2v) is 9.18. The van der Waals surface area contributed by atoms with Crippen LogP contribution in [0.1, 0.15) is 52.5 Å². The molecule has 0 saturated carbocycles. The Bertz CT molecular complexity index is 1250. The lowest BCUT2D eigenvalue weighted by atomic mass is 9.89. The highest BCUT2D eigenvalue weighted by atomic mass is 19.1. The molecule has 3 aromatic rings. The normalized spacial score (nSPS) is 13.8. The van der Waals surface area contributed by atoms with Crippen LogP contribution in [-0.2, 0) is 11.2 Å². The van der Waals surface area contributed by atoms with E-state index in [1.165, 1.54) is 17.7 Å². The molecule has 2 aromatic carbocycles. The average Bonchev–Trinajstić information content (AvgIpc) is 2.93. The van der Waals surface area contributed by atoms with E-state index in [4.69, 9.17) is 9.47 Å². The maximum absolute atomic E-state index is 13.5. The van der Waals surface area contributed by atoms with E-state index >= 15 is 0 Å². The fourth-order valence-corrected chi connectivity index (χ4v) is 4.61. The molecule has 4 rings (SSSR count). The number of piperidine rings is 1. The summed E-state index contributed by atoms with van der Waals surface area (Å²) in [5, 5.41) is 2.96. The van der Waals surface area contributed by atoms with Crippen LogP contribution in [0.4, 0.5) is 10.1 Å². The Labute approximate surface area is 216 Å². The maximum atomic E-state index is 13.5. The van der Waals surface area contributed by atoms with Gasteiger partial charge >= 0.3 is 0 Å². The van der Waals surface area contributed by atoms with Crippen molar-refractivity contribution in [2.75, 3.05) is 32.6 Å². The third-order valence-electron chi connectivity index (χ3n) is 6.80. The average molecular weight is 506 g/mol. The molecule has 0 atom stereocenters. The predicted molar refractivity (Wildman–Crippen MR) is 140 cm³/mol. The fourth-order valence-electron chi connectivity index (χ4n) is 4.61. The van der Waals surface area contributed by atoms with Crippen molar-refractivity contribution >= 4 is 17.5 Å². The molecule has 0 unspecified atom stereocenters. The smallest absolute Gasteiger partial charge is 0.272 e. The highest BCUT2D eigenvalue weighted by Crippen LogP contribution is 2.30. The SMILES string of the molecule is COc1ccc(CCC(=O)Nc2ccc(C3CCN(C(=O)c4ccc(F)c(C)n4)CC3)cc2)c(OC)c1. The number of carbonyl (C=O) groups excluding carboxylic acids is 2. The maximum Gasteiger partial charge on any atom is 0.272 e. The first kappa shape index (κ1) is 26.1. The van der Waals surface area contributed by atoms with E-state index < -0.39 is 5.82 Å². The summed E-state index contributed by atoms with van der Waals surface area (Å²) >= 11 is 0. The topological polar surface area (TPSA) is 80.8 Å². The summed E-state index contributed by atoms with van der Waals surface area (Å²) in [6.45, 7) is 2.80. The Morgan fingerprint density at radius 3 is 2.41 bits per heavy atom. The zero-order valence-electron chi connectivity index (χ0n) is 21.4. The van der Waals surface area contributed by atoms with Gasteiger partial charge in [0.05, 0.1) is 19.9 Å².